The molecule has 1 saturated heterocycles. The molecule has 1 aliphatic rings. The Morgan fingerprint density at radius 2 is 2.00 bits per heavy atom. The molecule has 23 heavy (non-hydrogen) atoms. The number of nitrogens with zero attached hydrogens (tertiary/aromatic N) is 2. The summed E-state index contributed by atoms with van der Waals surface area (Å²) in [7, 11) is 0. The first-order chi connectivity index (χ1) is 10.8. The number of thiophene rings is 1. The predicted octanol–water partition coefficient (Wildman–Crippen LogP) is 3.26. The molecule has 3 rings (SSSR count). The van der Waals surface area contributed by atoms with Gasteiger partial charge in [-0.15, -0.1) is 11.3 Å². The lowest BCUT2D eigenvalue weighted by Gasteiger charge is -2.17. The fraction of sp³-hybridized carbons (Fsp3) is 0.188. The average molecular weight is 329 g/mol. The van der Waals surface area contributed by atoms with Crippen molar-refractivity contribution < 1.29 is 14.0 Å². The largest absolute Gasteiger partial charge is 0.329 e. The van der Waals surface area contributed by atoms with Gasteiger partial charge in [0.2, 0.25) is 0 Å². The molecular formula is C16H12FN3O2S. The molecule has 0 unspecified atom stereocenters. The number of hydrogen-bond acceptors (Lipinski definition) is 4. The van der Waals surface area contributed by atoms with Gasteiger partial charge in [-0.3, -0.25) is 4.79 Å². The van der Waals surface area contributed by atoms with E-state index in [9.17, 15) is 14.0 Å². The first kappa shape index (κ1) is 15.2. The van der Waals surface area contributed by atoms with Crippen molar-refractivity contribution in [2.24, 2.45) is 0 Å². The second-order valence-corrected chi connectivity index (χ2v) is 6.55. The maximum atomic E-state index is 14.2. The van der Waals surface area contributed by atoms with Crippen LogP contribution >= 0.6 is 11.3 Å². The number of imide groups is 1. The number of carbonyl (C=O) groups is 2. The Balaban J connectivity index is 2.11. The number of hydrogen-bond donors (Lipinski definition) is 1. The third kappa shape index (κ3) is 2.37. The van der Waals surface area contributed by atoms with Gasteiger partial charge in [-0.25, -0.2) is 14.1 Å². The van der Waals surface area contributed by atoms with Crippen LogP contribution in [0.4, 0.5) is 14.9 Å². The number of rotatable bonds is 2. The Bertz CT molecular complexity index is 866. The average Bonchev–Trinajstić information content (AvgIpc) is 3.03. The Kier molecular flexibility index (Phi) is 3.42. The highest BCUT2D eigenvalue weighted by Gasteiger charge is 2.45. The van der Waals surface area contributed by atoms with Gasteiger partial charge in [-0.05, 0) is 43.5 Å². The first-order valence-electron chi connectivity index (χ1n) is 6.79. The van der Waals surface area contributed by atoms with Crippen LogP contribution in [0.2, 0.25) is 0 Å². The van der Waals surface area contributed by atoms with Crippen LogP contribution in [-0.2, 0) is 4.79 Å². The molecule has 116 valence electrons. The van der Waals surface area contributed by atoms with Gasteiger partial charge in [-0.1, -0.05) is 0 Å². The molecule has 0 saturated carbocycles. The minimum Gasteiger partial charge on any atom is -0.323 e. The van der Waals surface area contributed by atoms with Crippen LogP contribution < -0.4 is 10.2 Å². The summed E-state index contributed by atoms with van der Waals surface area (Å²) in [4.78, 5) is 25.8. The molecule has 1 fully saturated rings. The Labute approximate surface area is 136 Å². The summed E-state index contributed by atoms with van der Waals surface area (Å²) in [5.41, 5.74) is -0.107. The molecule has 0 spiro atoms. The molecule has 0 radical (unpaired) electrons. The normalized spacial score (nSPS) is 16.3. The molecule has 7 heteroatoms. The van der Waals surface area contributed by atoms with E-state index < -0.39 is 23.3 Å². The zero-order valence-corrected chi connectivity index (χ0v) is 13.2. The van der Waals surface area contributed by atoms with E-state index in [0.29, 0.717) is 10.4 Å². The molecule has 0 atom stereocenters. The van der Waals surface area contributed by atoms with Gasteiger partial charge in [0.05, 0.1) is 5.69 Å². The van der Waals surface area contributed by atoms with Gasteiger partial charge in [-0.2, -0.15) is 5.26 Å². The summed E-state index contributed by atoms with van der Waals surface area (Å²) in [6.07, 6.45) is 0. The smallest absolute Gasteiger partial charge is 0.323 e. The van der Waals surface area contributed by atoms with Crippen LogP contribution in [0.15, 0.2) is 29.6 Å². The number of amides is 3. The van der Waals surface area contributed by atoms with Crippen molar-refractivity contribution in [3.05, 3.63) is 40.3 Å². The zero-order valence-electron chi connectivity index (χ0n) is 12.4. The van der Waals surface area contributed by atoms with Gasteiger partial charge in [0.25, 0.3) is 5.91 Å². The fourth-order valence-corrected chi connectivity index (χ4v) is 3.15. The lowest BCUT2D eigenvalue weighted by molar-refractivity contribution is -0.121. The topological polar surface area (TPSA) is 73.2 Å². The highest BCUT2D eigenvalue weighted by atomic mass is 32.1. The lowest BCUT2D eigenvalue weighted by Crippen LogP contribution is -2.40. The number of nitrogens with one attached hydrogen (secondary N) is 1. The highest BCUT2D eigenvalue weighted by molar-refractivity contribution is 7.11. The molecule has 5 nitrogen and oxygen atoms in total. The van der Waals surface area contributed by atoms with Crippen LogP contribution in [0.5, 0.6) is 0 Å². The van der Waals surface area contributed by atoms with E-state index in [1.54, 1.807) is 25.3 Å². The molecule has 0 bridgehead atoms. The van der Waals surface area contributed by atoms with Crippen molar-refractivity contribution in [3.63, 3.8) is 0 Å². The number of benzene rings is 1. The SMILES string of the molecule is CC1(C)NC(=O)N(c2ccc(F)c(-c3ccsc3C#N)c2)C1=O. The maximum absolute atomic E-state index is 14.2. The summed E-state index contributed by atoms with van der Waals surface area (Å²) in [6.45, 7) is 3.20. The van der Waals surface area contributed by atoms with Crippen molar-refractivity contribution >= 4 is 29.0 Å². The molecule has 2 aromatic rings. The third-order valence-electron chi connectivity index (χ3n) is 3.63. The standard InChI is InChI=1S/C16H12FN3O2S/c1-16(2)14(21)20(15(22)19-16)9-3-4-12(17)11(7-9)10-5-6-23-13(10)8-18/h3-7H,1-2H3,(H,19,22). The van der Waals surface area contributed by atoms with Crippen LogP contribution in [0.1, 0.15) is 18.7 Å². The molecule has 1 aliphatic heterocycles. The summed E-state index contributed by atoms with van der Waals surface area (Å²) in [6, 6.07) is 7.08. The Morgan fingerprint density at radius 3 is 2.61 bits per heavy atom. The molecule has 1 N–H and O–H groups in total. The summed E-state index contributed by atoms with van der Waals surface area (Å²) >= 11 is 1.20. The second-order valence-electron chi connectivity index (χ2n) is 5.64. The van der Waals surface area contributed by atoms with Gasteiger partial charge in [0.15, 0.2) is 0 Å². The van der Waals surface area contributed by atoms with Crippen molar-refractivity contribution in [1.29, 1.82) is 5.26 Å². The van der Waals surface area contributed by atoms with Crippen LogP contribution in [0.3, 0.4) is 0 Å². The molecule has 1 aromatic carbocycles. The molecular weight excluding hydrogens is 317 g/mol. The number of carbonyl (C=O) groups excluding carboxylic acids is 2. The predicted molar refractivity (Wildman–Crippen MR) is 84.5 cm³/mol. The number of halogens is 1. The summed E-state index contributed by atoms with van der Waals surface area (Å²) in [5, 5.41) is 13.4. The van der Waals surface area contributed by atoms with E-state index in [1.807, 2.05) is 6.07 Å². The number of anilines is 1. The number of nitriles is 1. The van der Waals surface area contributed by atoms with Crippen molar-refractivity contribution in [1.82, 2.24) is 5.32 Å². The highest BCUT2D eigenvalue weighted by Crippen LogP contribution is 2.34. The van der Waals surface area contributed by atoms with E-state index in [2.05, 4.69) is 5.32 Å². The summed E-state index contributed by atoms with van der Waals surface area (Å²) < 4.78 is 14.2. The second kappa shape index (κ2) is 5.18. The van der Waals surface area contributed by atoms with E-state index in [4.69, 9.17) is 5.26 Å². The zero-order chi connectivity index (χ0) is 16.8. The first-order valence-corrected chi connectivity index (χ1v) is 7.67. The minimum atomic E-state index is -1.01. The van der Waals surface area contributed by atoms with Crippen LogP contribution in [0, 0.1) is 17.1 Å². The van der Waals surface area contributed by atoms with Gasteiger partial charge < -0.3 is 5.32 Å². The van der Waals surface area contributed by atoms with Crippen molar-refractivity contribution in [2.45, 2.75) is 19.4 Å². The van der Waals surface area contributed by atoms with E-state index in [1.165, 1.54) is 29.5 Å². The van der Waals surface area contributed by atoms with E-state index >= 15 is 0 Å². The number of urea groups is 1. The van der Waals surface area contributed by atoms with Crippen LogP contribution in [-0.4, -0.2) is 17.5 Å². The van der Waals surface area contributed by atoms with Gasteiger partial charge in [0, 0.05) is 11.1 Å². The van der Waals surface area contributed by atoms with Crippen molar-refractivity contribution in [3.8, 4) is 17.2 Å². The van der Waals surface area contributed by atoms with Crippen molar-refractivity contribution in [2.75, 3.05) is 4.90 Å². The Hall–Kier alpha value is -2.72. The summed E-state index contributed by atoms with van der Waals surface area (Å²) in [5.74, 6) is -0.930. The minimum absolute atomic E-state index is 0.186. The molecule has 3 amide bonds. The molecule has 2 heterocycles. The maximum Gasteiger partial charge on any atom is 0.329 e. The van der Waals surface area contributed by atoms with E-state index in [-0.39, 0.29) is 11.3 Å². The van der Waals surface area contributed by atoms with Gasteiger partial charge in [0.1, 0.15) is 22.3 Å². The monoisotopic (exact) mass is 329 g/mol. The van der Waals surface area contributed by atoms with Crippen LogP contribution in [0.25, 0.3) is 11.1 Å². The molecule has 0 aliphatic carbocycles. The Morgan fingerprint density at radius 1 is 1.26 bits per heavy atom. The quantitative estimate of drug-likeness (QED) is 0.860. The third-order valence-corrected chi connectivity index (χ3v) is 4.44. The fourth-order valence-electron chi connectivity index (χ4n) is 2.45. The lowest BCUT2D eigenvalue weighted by atomic mass is 10.0. The molecule has 1 aromatic heterocycles. The van der Waals surface area contributed by atoms with E-state index in [0.717, 1.165) is 4.90 Å². The van der Waals surface area contributed by atoms with Gasteiger partial charge >= 0.3 is 6.03 Å².